The molecular weight excluding hydrogens is 472 g/mol. The van der Waals surface area contributed by atoms with E-state index in [4.69, 9.17) is 4.74 Å². The third kappa shape index (κ3) is 4.36. The van der Waals surface area contributed by atoms with Gasteiger partial charge in [-0.2, -0.15) is 0 Å². The van der Waals surface area contributed by atoms with Gasteiger partial charge < -0.3 is 20.1 Å². The highest BCUT2D eigenvalue weighted by molar-refractivity contribution is 6.16. The number of carbonyl (C=O) groups excluding carboxylic acids is 2. The number of hydrogen-bond acceptors (Lipinski definition) is 5. The average Bonchev–Trinajstić information content (AvgIpc) is 3.47. The number of urea groups is 1. The van der Waals surface area contributed by atoms with Crippen LogP contribution in [0.15, 0.2) is 77.0 Å². The van der Waals surface area contributed by atoms with E-state index in [1.165, 1.54) is 0 Å². The lowest BCUT2D eigenvalue weighted by Gasteiger charge is -2.11. The maximum absolute atomic E-state index is 12.5. The zero-order valence-electron chi connectivity index (χ0n) is 20.4. The van der Waals surface area contributed by atoms with E-state index in [1.54, 1.807) is 43.5 Å². The molecule has 1 aliphatic heterocycles. The Kier molecular flexibility index (Phi) is 6.06. The number of aromatic amines is 2. The Morgan fingerprint density at radius 3 is 2.30 bits per heavy atom. The molecule has 2 aliphatic rings. The van der Waals surface area contributed by atoms with Gasteiger partial charge in [0.15, 0.2) is 0 Å². The van der Waals surface area contributed by atoms with Crippen LogP contribution in [0.2, 0.25) is 0 Å². The van der Waals surface area contributed by atoms with Crippen LogP contribution in [0.1, 0.15) is 10.4 Å². The summed E-state index contributed by atoms with van der Waals surface area (Å²) >= 11 is 0. The third-order valence-electron chi connectivity index (χ3n) is 6.10. The first kappa shape index (κ1) is 23.6. The molecule has 37 heavy (non-hydrogen) atoms. The topological polar surface area (TPSA) is 135 Å². The van der Waals surface area contributed by atoms with Gasteiger partial charge >= 0.3 is 6.03 Å². The highest BCUT2D eigenvalue weighted by Crippen LogP contribution is 2.49. The molecule has 1 heterocycles. The van der Waals surface area contributed by atoms with E-state index in [2.05, 4.69) is 25.7 Å². The lowest BCUT2D eigenvalue weighted by Crippen LogP contribution is -2.09. The predicted octanol–water partition coefficient (Wildman–Crippen LogP) is 5.87. The van der Waals surface area contributed by atoms with Crippen LogP contribution in [0, 0.1) is 0 Å². The summed E-state index contributed by atoms with van der Waals surface area (Å²) in [7, 11) is 5.38. The Labute approximate surface area is 211 Å². The van der Waals surface area contributed by atoms with Crippen LogP contribution < -0.4 is 15.0 Å². The number of azo groups is 1. The summed E-state index contributed by atoms with van der Waals surface area (Å²) in [5, 5.41) is 28.2. The maximum Gasteiger partial charge on any atom is 0.364 e. The van der Waals surface area contributed by atoms with Crippen molar-refractivity contribution in [3.8, 4) is 34.0 Å². The number of amides is 3. The molecule has 0 radical (unpaired) electrons. The fourth-order valence-electron chi connectivity index (χ4n) is 4.22. The normalized spacial score (nSPS) is 11.3. The predicted molar refractivity (Wildman–Crippen MR) is 142 cm³/mol. The van der Waals surface area contributed by atoms with Crippen molar-refractivity contribution < 1.29 is 19.4 Å². The standard InChI is InChI=1S/C27H24N6O4/c1-33(2)17-11-7-16(8-12-17)26(35)31-32-27(36)28-20-6-4-5-19-21(20)25(34)22-23(29-30-24(19)22)15-9-13-18(37-3)14-10-15/h4-14,29-30,34H,1-3H3,(H,28,36). The first-order valence-corrected chi connectivity index (χ1v) is 11.4. The molecule has 0 saturated carbocycles. The van der Waals surface area contributed by atoms with Gasteiger partial charge in [0, 0.05) is 36.3 Å². The van der Waals surface area contributed by atoms with Gasteiger partial charge in [0.1, 0.15) is 11.5 Å². The van der Waals surface area contributed by atoms with Gasteiger partial charge in [-0.05, 0) is 54.6 Å². The number of rotatable bonds is 5. The number of carbonyl (C=O) groups is 2. The van der Waals surface area contributed by atoms with Crippen LogP contribution in [0.4, 0.5) is 16.2 Å². The number of aromatic hydroxyl groups is 1. The highest BCUT2D eigenvalue weighted by Gasteiger charge is 2.26. The van der Waals surface area contributed by atoms with Crippen molar-refractivity contribution in [2.45, 2.75) is 0 Å². The van der Waals surface area contributed by atoms with E-state index in [9.17, 15) is 14.7 Å². The van der Waals surface area contributed by atoms with Crippen LogP contribution in [0.25, 0.3) is 33.3 Å². The van der Waals surface area contributed by atoms with Crippen molar-refractivity contribution in [2.24, 2.45) is 10.2 Å². The summed E-state index contributed by atoms with van der Waals surface area (Å²) < 4.78 is 5.22. The molecular formula is C27H24N6O4. The van der Waals surface area contributed by atoms with Crippen LogP contribution in [0.5, 0.6) is 11.5 Å². The molecule has 3 amide bonds. The zero-order valence-corrected chi connectivity index (χ0v) is 20.4. The molecule has 0 bridgehead atoms. The van der Waals surface area contributed by atoms with E-state index >= 15 is 0 Å². The van der Waals surface area contributed by atoms with Crippen molar-refractivity contribution in [1.82, 2.24) is 10.2 Å². The monoisotopic (exact) mass is 496 g/mol. The van der Waals surface area contributed by atoms with E-state index in [0.717, 1.165) is 17.0 Å². The number of anilines is 2. The van der Waals surface area contributed by atoms with Gasteiger partial charge in [-0.1, -0.05) is 17.2 Å². The molecule has 0 fully saturated rings. The number of hydrogen-bond donors (Lipinski definition) is 4. The minimum Gasteiger partial charge on any atom is -0.506 e. The van der Waals surface area contributed by atoms with Crippen molar-refractivity contribution in [1.29, 1.82) is 0 Å². The first-order valence-electron chi connectivity index (χ1n) is 11.4. The number of nitrogens with zero attached hydrogens (tertiary/aromatic N) is 3. The van der Waals surface area contributed by atoms with E-state index in [-0.39, 0.29) is 5.75 Å². The number of H-pyrrole nitrogens is 2. The van der Waals surface area contributed by atoms with Gasteiger partial charge in [0.2, 0.25) is 0 Å². The first-order chi connectivity index (χ1) is 17.9. The minimum atomic E-state index is -0.836. The van der Waals surface area contributed by atoms with Crippen LogP contribution in [0.3, 0.4) is 0 Å². The van der Waals surface area contributed by atoms with Crippen LogP contribution in [-0.4, -0.2) is 48.4 Å². The number of ether oxygens (including phenoxy) is 1. The summed E-state index contributed by atoms with van der Waals surface area (Å²) in [4.78, 5) is 26.8. The summed E-state index contributed by atoms with van der Waals surface area (Å²) in [5.74, 6) is 0.0802. The van der Waals surface area contributed by atoms with Gasteiger partial charge in [0.25, 0.3) is 5.91 Å². The summed E-state index contributed by atoms with van der Waals surface area (Å²) in [5.41, 5.74) is 4.38. The van der Waals surface area contributed by atoms with E-state index in [0.29, 0.717) is 39.0 Å². The Hall–Kier alpha value is -5.12. The largest absolute Gasteiger partial charge is 0.506 e. The van der Waals surface area contributed by atoms with Crippen molar-refractivity contribution >= 4 is 34.1 Å². The molecule has 3 aromatic rings. The average molecular weight is 497 g/mol. The van der Waals surface area contributed by atoms with Crippen molar-refractivity contribution in [3.63, 3.8) is 0 Å². The smallest absolute Gasteiger partial charge is 0.364 e. The fourth-order valence-corrected chi connectivity index (χ4v) is 4.22. The molecule has 10 heteroatoms. The van der Waals surface area contributed by atoms with Gasteiger partial charge in [0.05, 0.1) is 35.1 Å². The number of fused-ring (bicyclic) bond motifs is 3. The number of methoxy groups -OCH3 is 1. The van der Waals surface area contributed by atoms with E-state index < -0.39 is 11.9 Å². The van der Waals surface area contributed by atoms with Gasteiger partial charge in [-0.25, -0.2) is 4.79 Å². The second kappa shape index (κ2) is 9.50. The number of aromatic nitrogens is 2. The molecule has 0 unspecified atom stereocenters. The minimum absolute atomic E-state index is 0.00165. The van der Waals surface area contributed by atoms with Crippen molar-refractivity contribution in [2.75, 3.05) is 31.4 Å². The lowest BCUT2D eigenvalue weighted by molar-refractivity contribution is 0.0994. The molecule has 5 rings (SSSR count). The fraction of sp³-hybridized carbons (Fsp3) is 0.111. The lowest BCUT2D eigenvalue weighted by atomic mass is 10.1. The second-order valence-electron chi connectivity index (χ2n) is 8.56. The van der Waals surface area contributed by atoms with Crippen molar-refractivity contribution in [3.05, 3.63) is 72.3 Å². The summed E-state index contributed by atoms with van der Waals surface area (Å²) in [6.07, 6.45) is 0. The second-order valence-corrected chi connectivity index (χ2v) is 8.56. The third-order valence-corrected chi connectivity index (χ3v) is 6.10. The Morgan fingerprint density at radius 1 is 0.919 bits per heavy atom. The molecule has 1 aliphatic carbocycles. The van der Waals surface area contributed by atoms with Crippen LogP contribution in [-0.2, 0) is 0 Å². The molecule has 4 N–H and O–H groups in total. The molecule has 186 valence electrons. The number of nitrogens with one attached hydrogen (secondary N) is 3. The number of benzene rings is 3. The van der Waals surface area contributed by atoms with E-state index in [1.807, 2.05) is 49.3 Å². The van der Waals surface area contributed by atoms with Gasteiger partial charge in [-0.3, -0.25) is 15.0 Å². The molecule has 0 saturated heterocycles. The highest BCUT2D eigenvalue weighted by atomic mass is 16.5. The molecule has 3 aromatic carbocycles. The summed E-state index contributed by atoms with van der Waals surface area (Å²) in [6, 6.07) is 18.6. The SMILES string of the molecule is COc1ccc(-c2[nH][nH]c3c4cccc(NC(=O)N=NC(=O)c5ccc(N(C)C)cc5)c4c(O)c2-3)cc1. The van der Waals surface area contributed by atoms with Crippen LogP contribution >= 0.6 is 0 Å². The quantitative estimate of drug-likeness (QED) is 0.226. The maximum atomic E-state index is 12.5. The Balaban J connectivity index is 1.41. The Bertz CT molecular complexity index is 1600. The molecule has 0 spiro atoms. The molecule has 0 atom stereocenters. The molecule has 10 nitrogen and oxygen atoms in total. The molecule has 0 aromatic heterocycles. The zero-order chi connectivity index (χ0) is 26.1. The van der Waals surface area contributed by atoms with Gasteiger partial charge in [-0.15, -0.1) is 5.11 Å². The summed E-state index contributed by atoms with van der Waals surface area (Å²) in [6.45, 7) is 0. The Morgan fingerprint density at radius 2 is 1.62 bits per heavy atom.